The lowest BCUT2D eigenvalue weighted by Gasteiger charge is -2.10. The van der Waals surface area contributed by atoms with Crippen molar-refractivity contribution >= 4 is 23.0 Å². The number of rotatable bonds is 7. The third-order valence-electron chi connectivity index (χ3n) is 3.17. The van der Waals surface area contributed by atoms with E-state index in [1.54, 1.807) is 0 Å². The van der Waals surface area contributed by atoms with E-state index in [0.29, 0.717) is 5.11 Å². The average Bonchev–Trinajstić information content (AvgIpc) is 2.54. The summed E-state index contributed by atoms with van der Waals surface area (Å²) >= 11 is 5.15. The molecule has 0 saturated carbocycles. The Balaban J connectivity index is 1.71. The molecule has 0 aliphatic rings. The normalized spacial score (nSPS) is 10.0. The van der Waals surface area contributed by atoms with Crippen LogP contribution in [0.4, 0.5) is 5.69 Å². The Morgan fingerprint density at radius 3 is 2.45 bits per heavy atom. The van der Waals surface area contributed by atoms with E-state index in [9.17, 15) is 0 Å². The number of hydrogen-bond acceptors (Lipinski definition) is 2. The fraction of sp³-hybridized carbons (Fsp3) is 0.278. The van der Waals surface area contributed by atoms with Crippen LogP contribution in [-0.4, -0.2) is 18.3 Å². The molecule has 0 heterocycles. The van der Waals surface area contributed by atoms with Crippen molar-refractivity contribution in [1.29, 1.82) is 0 Å². The standard InChI is InChI=1S/C18H22N2OS/c1-2-19-18(22)20-16-10-12-17(13-11-16)21-14-6-9-15-7-4-3-5-8-15/h3-5,7-8,10-13H,2,6,9,14H2,1H3,(H2,19,20,22). The summed E-state index contributed by atoms with van der Waals surface area (Å²) in [5.41, 5.74) is 2.31. The number of thiocarbonyl (C=S) groups is 1. The molecule has 0 spiro atoms. The van der Waals surface area contributed by atoms with Gasteiger partial charge in [0.15, 0.2) is 5.11 Å². The van der Waals surface area contributed by atoms with Crippen LogP contribution in [0.5, 0.6) is 5.75 Å². The fourth-order valence-corrected chi connectivity index (χ4v) is 2.34. The van der Waals surface area contributed by atoms with E-state index in [1.807, 2.05) is 37.3 Å². The molecule has 0 aliphatic carbocycles. The summed E-state index contributed by atoms with van der Waals surface area (Å²) in [7, 11) is 0. The van der Waals surface area contributed by atoms with Gasteiger partial charge in [-0.2, -0.15) is 0 Å². The van der Waals surface area contributed by atoms with Crippen LogP contribution < -0.4 is 15.4 Å². The summed E-state index contributed by atoms with van der Waals surface area (Å²) in [4.78, 5) is 0. The summed E-state index contributed by atoms with van der Waals surface area (Å²) in [5, 5.41) is 6.82. The molecule has 2 N–H and O–H groups in total. The molecule has 2 aromatic rings. The first-order valence-electron chi connectivity index (χ1n) is 7.59. The highest BCUT2D eigenvalue weighted by molar-refractivity contribution is 7.80. The van der Waals surface area contributed by atoms with Gasteiger partial charge in [-0.3, -0.25) is 0 Å². The molecule has 2 rings (SSSR count). The summed E-state index contributed by atoms with van der Waals surface area (Å²) < 4.78 is 5.76. The van der Waals surface area contributed by atoms with Crippen molar-refractivity contribution in [2.75, 3.05) is 18.5 Å². The van der Waals surface area contributed by atoms with Crippen molar-refractivity contribution in [3.63, 3.8) is 0 Å². The third-order valence-corrected chi connectivity index (χ3v) is 3.42. The number of anilines is 1. The zero-order chi connectivity index (χ0) is 15.6. The Bertz CT molecular complexity index is 569. The fourth-order valence-electron chi connectivity index (χ4n) is 2.08. The molecule has 0 aliphatic heterocycles. The van der Waals surface area contributed by atoms with Crippen LogP contribution >= 0.6 is 12.2 Å². The van der Waals surface area contributed by atoms with Crippen molar-refractivity contribution in [3.8, 4) is 5.75 Å². The molecule has 2 aromatic carbocycles. The van der Waals surface area contributed by atoms with E-state index < -0.39 is 0 Å². The molecule has 4 heteroatoms. The van der Waals surface area contributed by atoms with Gasteiger partial charge >= 0.3 is 0 Å². The Morgan fingerprint density at radius 1 is 1.05 bits per heavy atom. The molecular weight excluding hydrogens is 292 g/mol. The van der Waals surface area contributed by atoms with Gasteiger partial charge in [-0.15, -0.1) is 0 Å². The van der Waals surface area contributed by atoms with E-state index in [4.69, 9.17) is 17.0 Å². The number of hydrogen-bond donors (Lipinski definition) is 2. The van der Waals surface area contributed by atoms with Gasteiger partial charge in [0.1, 0.15) is 5.75 Å². The van der Waals surface area contributed by atoms with Gasteiger partial charge in [-0.1, -0.05) is 30.3 Å². The molecule has 22 heavy (non-hydrogen) atoms. The van der Waals surface area contributed by atoms with Crippen molar-refractivity contribution in [3.05, 3.63) is 60.2 Å². The van der Waals surface area contributed by atoms with Gasteiger partial charge in [0.2, 0.25) is 0 Å². The summed E-state index contributed by atoms with van der Waals surface area (Å²) in [6.07, 6.45) is 2.05. The lowest BCUT2D eigenvalue weighted by molar-refractivity contribution is 0.311. The molecule has 0 fully saturated rings. The number of aryl methyl sites for hydroxylation is 1. The molecule has 0 amide bonds. The maximum Gasteiger partial charge on any atom is 0.170 e. The predicted octanol–water partition coefficient (Wildman–Crippen LogP) is 4.00. The minimum Gasteiger partial charge on any atom is -0.494 e. The van der Waals surface area contributed by atoms with Crippen molar-refractivity contribution < 1.29 is 4.74 Å². The molecule has 0 atom stereocenters. The predicted molar refractivity (Wildman–Crippen MR) is 96.6 cm³/mol. The van der Waals surface area contributed by atoms with Crippen LogP contribution in [0, 0.1) is 0 Å². The van der Waals surface area contributed by atoms with E-state index in [2.05, 4.69) is 34.9 Å². The number of nitrogens with one attached hydrogen (secondary N) is 2. The van der Waals surface area contributed by atoms with Gasteiger partial charge in [0.25, 0.3) is 0 Å². The number of benzene rings is 2. The summed E-state index contributed by atoms with van der Waals surface area (Å²) in [6.45, 7) is 3.55. The second-order valence-electron chi connectivity index (χ2n) is 4.95. The molecular formula is C18H22N2OS. The van der Waals surface area contributed by atoms with Crippen molar-refractivity contribution in [1.82, 2.24) is 5.32 Å². The minimum atomic E-state index is 0.638. The quantitative estimate of drug-likeness (QED) is 0.598. The molecule has 0 radical (unpaired) electrons. The van der Waals surface area contributed by atoms with E-state index in [1.165, 1.54) is 5.56 Å². The van der Waals surface area contributed by atoms with E-state index in [0.717, 1.165) is 37.4 Å². The molecule has 0 aromatic heterocycles. The SMILES string of the molecule is CCNC(=S)Nc1ccc(OCCCc2ccccc2)cc1. The second-order valence-corrected chi connectivity index (χ2v) is 5.35. The van der Waals surface area contributed by atoms with Gasteiger partial charge in [-0.25, -0.2) is 0 Å². The van der Waals surface area contributed by atoms with Crippen LogP contribution in [0.15, 0.2) is 54.6 Å². The van der Waals surface area contributed by atoms with Crippen molar-refractivity contribution in [2.24, 2.45) is 0 Å². The van der Waals surface area contributed by atoms with Crippen LogP contribution in [0.1, 0.15) is 18.9 Å². The van der Waals surface area contributed by atoms with E-state index in [-0.39, 0.29) is 0 Å². The largest absolute Gasteiger partial charge is 0.494 e. The van der Waals surface area contributed by atoms with Gasteiger partial charge in [0, 0.05) is 12.2 Å². The Morgan fingerprint density at radius 2 is 1.77 bits per heavy atom. The highest BCUT2D eigenvalue weighted by Gasteiger charge is 1.98. The topological polar surface area (TPSA) is 33.3 Å². The highest BCUT2D eigenvalue weighted by atomic mass is 32.1. The molecule has 0 bridgehead atoms. The van der Waals surface area contributed by atoms with Crippen molar-refractivity contribution in [2.45, 2.75) is 19.8 Å². The van der Waals surface area contributed by atoms with Gasteiger partial charge in [-0.05, 0) is 61.8 Å². The Labute approximate surface area is 137 Å². The van der Waals surface area contributed by atoms with Crippen LogP contribution in [-0.2, 0) is 6.42 Å². The zero-order valence-corrected chi connectivity index (χ0v) is 13.7. The monoisotopic (exact) mass is 314 g/mol. The van der Waals surface area contributed by atoms with Crippen LogP contribution in [0.25, 0.3) is 0 Å². The summed E-state index contributed by atoms with van der Waals surface area (Å²) in [6, 6.07) is 18.3. The second kappa shape index (κ2) is 9.05. The zero-order valence-electron chi connectivity index (χ0n) is 12.8. The van der Waals surface area contributed by atoms with Gasteiger partial charge in [0.05, 0.1) is 6.61 Å². The molecule has 3 nitrogen and oxygen atoms in total. The first kappa shape index (κ1) is 16.3. The molecule has 0 saturated heterocycles. The van der Waals surface area contributed by atoms with Gasteiger partial charge < -0.3 is 15.4 Å². The van der Waals surface area contributed by atoms with E-state index >= 15 is 0 Å². The Hall–Kier alpha value is -2.07. The summed E-state index contributed by atoms with van der Waals surface area (Å²) in [5.74, 6) is 0.882. The van der Waals surface area contributed by atoms with Crippen LogP contribution in [0.2, 0.25) is 0 Å². The molecule has 116 valence electrons. The number of ether oxygens (including phenoxy) is 1. The lowest BCUT2D eigenvalue weighted by Crippen LogP contribution is -2.27. The minimum absolute atomic E-state index is 0.638. The average molecular weight is 314 g/mol. The first-order valence-corrected chi connectivity index (χ1v) is 8.00. The molecule has 0 unspecified atom stereocenters. The highest BCUT2D eigenvalue weighted by Crippen LogP contribution is 2.16. The Kier molecular flexibility index (Phi) is 6.71. The first-order chi connectivity index (χ1) is 10.8. The van der Waals surface area contributed by atoms with Crippen LogP contribution in [0.3, 0.4) is 0 Å². The lowest BCUT2D eigenvalue weighted by atomic mass is 10.1. The maximum absolute atomic E-state index is 5.76. The smallest absolute Gasteiger partial charge is 0.170 e. The third kappa shape index (κ3) is 5.74. The maximum atomic E-state index is 5.76.